The van der Waals surface area contributed by atoms with Crippen molar-refractivity contribution in [1.29, 1.82) is 5.26 Å². The predicted molar refractivity (Wildman–Crippen MR) is 80.1 cm³/mol. The molecule has 0 aromatic heterocycles. The highest BCUT2D eigenvalue weighted by molar-refractivity contribution is 5.32. The zero-order valence-electron chi connectivity index (χ0n) is 12.3. The molecule has 0 heterocycles. The van der Waals surface area contributed by atoms with Gasteiger partial charge in [-0.15, -0.1) is 0 Å². The maximum absolute atomic E-state index is 10.2. The lowest BCUT2D eigenvalue weighted by atomic mass is 9.78. The van der Waals surface area contributed by atoms with Crippen molar-refractivity contribution in [3.63, 3.8) is 0 Å². The zero-order valence-corrected chi connectivity index (χ0v) is 12.3. The topological polar surface area (TPSA) is 56.0 Å². The van der Waals surface area contributed by atoms with Gasteiger partial charge in [0.2, 0.25) is 0 Å². The van der Waals surface area contributed by atoms with Crippen LogP contribution < -0.4 is 5.32 Å². The van der Waals surface area contributed by atoms with Gasteiger partial charge in [0.05, 0.1) is 17.7 Å². The standard InChI is InChI=1S/C17H24N2O/c1-12-4-3-5-16(13(12)2)19-11-17(20)15-8-6-14(10-18)7-9-15/h6-9,12-13,16-17,19-20H,3-5,11H2,1-2H3. The first-order chi connectivity index (χ1) is 9.61. The Bertz CT molecular complexity index is 463. The summed E-state index contributed by atoms with van der Waals surface area (Å²) in [6.45, 7) is 5.19. The Morgan fingerprint density at radius 3 is 2.65 bits per heavy atom. The number of aliphatic hydroxyl groups is 1. The highest BCUT2D eigenvalue weighted by Crippen LogP contribution is 2.29. The van der Waals surface area contributed by atoms with Crippen LogP contribution in [0.15, 0.2) is 24.3 Å². The second kappa shape index (κ2) is 6.88. The molecule has 20 heavy (non-hydrogen) atoms. The van der Waals surface area contributed by atoms with Crippen LogP contribution in [-0.2, 0) is 0 Å². The molecule has 4 atom stereocenters. The van der Waals surface area contributed by atoms with Gasteiger partial charge in [-0.3, -0.25) is 0 Å². The molecular weight excluding hydrogens is 248 g/mol. The Labute approximate surface area is 121 Å². The molecule has 3 nitrogen and oxygen atoms in total. The Hall–Kier alpha value is -1.37. The van der Waals surface area contributed by atoms with Crippen molar-refractivity contribution < 1.29 is 5.11 Å². The summed E-state index contributed by atoms with van der Waals surface area (Å²) in [6, 6.07) is 9.77. The molecule has 0 spiro atoms. The molecule has 1 saturated carbocycles. The third-order valence-electron chi connectivity index (χ3n) is 4.70. The third kappa shape index (κ3) is 3.59. The van der Waals surface area contributed by atoms with Crippen molar-refractivity contribution in [1.82, 2.24) is 5.32 Å². The van der Waals surface area contributed by atoms with Crippen LogP contribution >= 0.6 is 0 Å². The van der Waals surface area contributed by atoms with Gasteiger partial charge >= 0.3 is 0 Å². The number of benzene rings is 1. The molecule has 0 amide bonds. The Balaban J connectivity index is 1.88. The van der Waals surface area contributed by atoms with E-state index in [1.165, 1.54) is 19.3 Å². The molecule has 0 bridgehead atoms. The highest BCUT2D eigenvalue weighted by atomic mass is 16.3. The Kier molecular flexibility index (Phi) is 5.17. The van der Waals surface area contributed by atoms with Crippen molar-refractivity contribution in [2.75, 3.05) is 6.54 Å². The monoisotopic (exact) mass is 272 g/mol. The van der Waals surface area contributed by atoms with Crippen LogP contribution in [0.4, 0.5) is 0 Å². The number of nitrogens with one attached hydrogen (secondary N) is 1. The van der Waals surface area contributed by atoms with Gasteiger partial charge in [-0.2, -0.15) is 5.26 Å². The van der Waals surface area contributed by atoms with E-state index in [0.717, 1.165) is 11.5 Å². The van der Waals surface area contributed by atoms with Crippen LogP contribution in [-0.4, -0.2) is 17.7 Å². The summed E-state index contributed by atoms with van der Waals surface area (Å²) in [5.41, 5.74) is 1.50. The van der Waals surface area contributed by atoms with Crippen molar-refractivity contribution in [3.8, 4) is 6.07 Å². The summed E-state index contributed by atoms with van der Waals surface area (Å²) in [7, 11) is 0. The first-order valence-electron chi connectivity index (χ1n) is 7.53. The molecule has 3 heteroatoms. The van der Waals surface area contributed by atoms with E-state index in [0.29, 0.717) is 24.1 Å². The summed E-state index contributed by atoms with van der Waals surface area (Å²) in [6.07, 6.45) is 3.28. The van der Waals surface area contributed by atoms with E-state index in [4.69, 9.17) is 5.26 Å². The molecule has 108 valence electrons. The fraction of sp³-hybridized carbons (Fsp3) is 0.588. The van der Waals surface area contributed by atoms with Gasteiger partial charge in [0, 0.05) is 12.6 Å². The van der Waals surface area contributed by atoms with Gasteiger partial charge < -0.3 is 10.4 Å². The summed E-state index contributed by atoms with van der Waals surface area (Å²) in [5.74, 6) is 1.42. The number of nitrogens with zero attached hydrogens (tertiary/aromatic N) is 1. The van der Waals surface area contributed by atoms with E-state index in [2.05, 4.69) is 25.2 Å². The molecular formula is C17H24N2O. The number of aliphatic hydroxyl groups excluding tert-OH is 1. The maximum atomic E-state index is 10.2. The van der Waals surface area contributed by atoms with Gasteiger partial charge in [-0.25, -0.2) is 0 Å². The van der Waals surface area contributed by atoms with Gasteiger partial charge in [0.25, 0.3) is 0 Å². The number of nitriles is 1. The van der Waals surface area contributed by atoms with Crippen molar-refractivity contribution >= 4 is 0 Å². The van der Waals surface area contributed by atoms with E-state index < -0.39 is 6.10 Å². The van der Waals surface area contributed by atoms with E-state index in [9.17, 15) is 5.11 Å². The van der Waals surface area contributed by atoms with Crippen molar-refractivity contribution in [2.45, 2.75) is 45.3 Å². The lowest BCUT2D eigenvalue weighted by molar-refractivity contribution is 0.145. The first-order valence-corrected chi connectivity index (χ1v) is 7.53. The fourth-order valence-electron chi connectivity index (χ4n) is 3.03. The number of hydrogen-bond acceptors (Lipinski definition) is 3. The van der Waals surface area contributed by atoms with Crippen LogP contribution in [0.3, 0.4) is 0 Å². The molecule has 0 saturated heterocycles. The smallest absolute Gasteiger partial charge is 0.0991 e. The summed E-state index contributed by atoms with van der Waals surface area (Å²) < 4.78 is 0. The van der Waals surface area contributed by atoms with E-state index in [1.54, 1.807) is 12.1 Å². The molecule has 1 aliphatic carbocycles. The minimum atomic E-state index is -0.507. The Morgan fingerprint density at radius 2 is 2.00 bits per heavy atom. The number of rotatable bonds is 4. The summed E-state index contributed by atoms with van der Waals surface area (Å²) >= 11 is 0. The maximum Gasteiger partial charge on any atom is 0.0991 e. The van der Waals surface area contributed by atoms with E-state index in [1.807, 2.05) is 12.1 Å². The van der Waals surface area contributed by atoms with Gasteiger partial charge in [-0.05, 0) is 36.0 Å². The Morgan fingerprint density at radius 1 is 1.30 bits per heavy atom. The van der Waals surface area contributed by atoms with Gasteiger partial charge in [-0.1, -0.05) is 38.8 Å². The average molecular weight is 272 g/mol. The van der Waals surface area contributed by atoms with Gasteiger partial charge in [0.1, 0.15) is 0 Å². The van der Waals surface area contributed by atoms with Crippen LogP contribution in [0.2, 0.25) is 0 Å². The molecule has 0 aliphatic heterocycles. The minimum absolute atomic E-state index is 0.506. The largest absolute Gasteiger partial charge is 0.387 e. The minimum Gasteiger partial charge on any atom is -0.387 e. The zero-order chi connectivity index (χ0) is 14.5. The lowest BCUT2D eigenvalue weighted by Gasteiger charge is -2.35. The predicted octanol–water partition coefficient (Wildman–Crippen LogP) is 3.01. The summed E-state index contributed by atoms with van der Waals surface area (Å²) in [5, 5.41) is 22.5. The molecule has 0 radical (unpaired) electrons. The quantitative estimate of drug-likeness (QED) is 0.886. The molecule has 1 aromatic carbocycles. The van der Waals surface area contributed by atoms with Crippen LogP contribution in [0, 0.1) is 23.2 Å². The third-order valence-corrected chi connectivity index (χ3v) is 4.70. The van der Waals surface area contributed by atoms with E-state index in [-0.39, 0.29) is 0 Å². The molecule has 2 rings (SSSR count). The van der Waals surface area contributed by atoms with Crippen LogP contribution in [0.1, 0.15) is 50.3 Å². The second-order valence-electron chi connectivity index (χ2n) is 6.03. The fourth-order valence-corrected chi connectivity index (χ4v) is 3.03. The first kappa shape index (κ1) is 15.0. The lowest BCUT2D eigenvalue weighted by Crippen LogP contribution is -2.42. The average Bonchev–Trinajstić information content (AvgIpc) is 2.48. The molecule has 1 fully saturated rings. The normalized spacial score (nSPS) is 27.8. The van der Waals surface area contributed by atoms with E-state index >= 15 is 0 Å². The highest BCUT2D eigenvalue weighted by Gasteiger charge is 2.27. The molecule has 1 aliphatic rings. The SMILES string of the molecule is CC1CCCC(NCC(O)c2ccc(C#N)cc2)C1C. The van der Waals surface area contributed by atoms with Crippen molar-refractivity contribution in [3.05, 3.63) is 35.4 Å². The number of hydrogen-bond donors (Lipinski definition) is 2. The molecule has 1 aromatic rings. The van der Waals surface area contributed by atoms with Gasteiger partial charge in [0.15, 0.2) is 0 Å². The van der Waals surface area contributed by atoms with Crippen molar-refractivity contribution in [2.24, 2.45) is 11.8 Å². The van der Waals surface area contributed by atoms with Crippen LogP contribution in [0.5, 0.6) is 0 Å². The summed E-state index contributed by atoms with van der Waals surface area (Å²) in [4.78, 5) is 0. The van der Waals surface area contributed by atoms with Crippen LogP contribution in [0.25, 0.3) is 0 Å². The molecule has 2 N–H and O–H groups in total. The molecule has 4 unspecified atom stereocenters. The second-order valence-corrected chi connectivity index (χ2v) is 6.03.